The van der Waals surface area contributed by atoms with Crippen LogP contribution in [0.1, 0.15) is 29.9 Å². The number of benzene rings is 1. The number of amides is 1. The maximum absolute atomic E-state index is 12.8. The zero-order valence-electron chi connectivity index (χ0n) is 14.8. The van der Waals surface area contributed by atoms with Gasteiger partial charge in [-0.15, -0.1) is 0 Å². The summed E-state index contributed by atoms with van der Waals surface area (Å²) in [6.45, 7) is 4.55. The highest BCUT2D eigenvalue weighted by atomic mass is 16.2. The van der Waals surface area contributed by atoms with E-state index in [9.17, 15) is 4.79 Å². The molecule has 0 bridgehead atoms. The lowest BCUT2D eigenvalue weighted by atomic mass is 10.1. The Bertz CT molecular complexity index is 855. The first kappa shape index (κ1) is 16.9. The van der Waals surface area contributed by atoms with Crippen LogP contribution in [0.4, 0.5) is 0 Å². The van der Waals surface area contributed by atoms with E-state index in [1.54, 1.807) is 23.3 Å². The molecule has 0 N–H and O–H groups in total. The molecule has 0 fully saturated rings. The van der Waals surface area contributed by atoms with Gasteiger partial charge in [0, 0.05) is 37.6 Å². The van der Waals surface area contributed by atoms with Gasteiger partial charge in [-0.3, -0.25) is 9.78 Å². The third-order valence-electron chi connectivity index (χ3n) is 4.06. The Labute approximate surface area is 148 Å². The molecule has 1 amide bonds. The lowest BCUT2D eigenvalue weighted by Gasteiger charge is -2.26. The molecule has 0 aliphatic rings. The average Bonchev–Trinajstić information content (AvgIpc) is 3.06. The van der Waals surface area contributed by atoms with Crippen molar-refractivity contribution in [3.05, 3.63) is 72.4 Å². The van der Waals surface area contributed by atoms with Gasteiger partial charge in [0.15, 0.2) is 0 Å². The molecule has 3 rings (SSSR count). The number of aryl methyl sites for hydroxylation is 1. The van der Waals surface area contributed by atoms with Crippen LogP contribution in [-0.4, -0.2) is 31.4 Å². The minimum absolute atomic E-state index is 0.0614. The highest BCUT2D eigenvalue weighted by Crippen LogP contribution is 2.19. The van der Waals surface area contributed by atoms with Gasteiger partial charge < -0.3 is 9.47 Å². The molecular formula is C20H22N4O. The normalized spacial score (nSPS) is 10.9. The number of pyridine rings is 1. The fourth-order valence-electron chi connectivity index (χ4n) is 2.70. The van der Waals surface area contributed by atoms with Crippen molar-refractivity contribution in [3.63, 3.8) is 0 Å². The van der Waals surface area contributed by atoms with Gasteiger partial charge in [0.1, 0.15) is 5.69 Å². The van der Waals surface area contributed by atoms with E-state index in [-0.39, 0.29) is 11.9 Å². The molecule has 0 aliphatic heterocycles. The molecule has 3 aromatic rings. The third kappa shape index (κ3) is 3.94. The summed E-state index contributed by atoms with van der Waals surface area (Å²) in [7, 11) is 1.86. The Morgan fingerprint density at radius 3 is 2.56 bits per heavy atom. The Morgan fingerprint density at radius 2 is 1.92 bits per heavy atom. The number of imidazole rings is 1. The molecule has 0 aliphatic carbocycles. The highest BCUT2D eigenvalue weighted by Gasteiger charge is 2.21. The number of rotatable bonds is 5. The van der Waals surface area contributed by atoms with Crippen molar-refractivity contribution >= 4 is 5.91 Å². The number of aromatic nitrogens is 3. The number of nitrogens with zero attached hydrogens (tertiary/aromatic N) is 4. The summed E-state index contributed by atoms with van der Waals surface area (Å²) < 4.78 is 1.78. The summed E-state index contributed by atoms with van der Waals surface area (Å²) >= 11 is 0. The molecule has 128 valence electrons. The van der Waals surface area contributed by atoms with Crippen LogP contribution in [0.25, 0.3) is 11.3 Å². The monoisotopic (exact) mass is 334 g/mol. The molecular weight excluding hydrogens is 312 g/mol. The van der Waals surface area contributed by atoms with Gasteiger partial charge in [-0.25, -0.2) is 4.98 Å². The molecule has 0 unspecified atom stereocenters. The quantitative estimate of drug-likeness (QED) is 0.717. The van der Waals surface area contributed by atoms with Crippen LogP contribution in [-0.2, 0) is 13.6 Å². The second-order valence-corrected chi connectivity index (χ2v) is 6.37. The van der Waals surface area contributed by atoms with E-state index in [0.29, 0.717) is 12.2 Å². The maximum Gasteiger partial charge on any atom is 0.274 e. The van der Waals surface area contributed by atoms with Crippen molar-refractivity contribution in [2.24, 2.45) is 7.05 Å². The molecule has 25 heavy (non-hydrogen) atoms. The smallest absolute Gasteiger partial charge is 0.274 e. The van der Waals surface area contributed by atoms with E-state index in [1.807, 2.05) is 68.3 Å². The summed E-state index contributed by atoms with van der Waals surface area (Å²) in [6, 6.07) is 14.1. The summed E-state index contributed by atoms with van der Waals surface area (Å²) in [5.41, 5.74) is 3.49. The predicted molar refractivity (Wildman–Crippen MR) is 97.9 cm³/mol. The molecule has 1 aromatic carbocycles. The van der Waals surface area contributed by atoms with Gasteiger partial charge in [0.2, 0.25) is 0 Å². The van der Waals surface area contributed by atoms with E-state index < -0.39 is 0 Å². The van der Waals surface area contributed by atoms with Gasteiger partial charge in [-0.05, 0) is 31.5 Å². The first-order valence-corrected chi connectivity index (χ1v) is 8.34. The van der Waals surface area contributed by atoms with Crippen LogP contribution in [0.2, 0.25) is 0 Å². The van der Waals surface area contributed by atoms with Gasteiger partial charge >= 0.3 is 0 Å². The topological polar surface area (TPSA) is 51.0 Å². The fourth-order valence-corrected chi connectivity index (χ4v) is 2.70. The Kier molecular flexibility index (Phi) is 4.93. The van der Waals surface area contributed by atoms with Crippen molar-refractivity contribution in [3.8, 4) is 11.3 Å². The SMILES string of the molecule is CC(C)N(Cc1ccnc(-c2ccccc2)c1)C(=O)c1cn(C)cn1. The molecule has 2 heterocycles. The van der Waals surface area contributed by atoms with Crippen LogP contribution in [0.3, 0.4) is 0 Å². The van der Waals surface area contributed by atoms with Crippen LogP contribution in [0, 0.1) is 0 Å². The van der Waals surface area contributed by atoms with Crippen molar-refractivity contribution in [1.82, 2.24) is 19.4 Å². The van der Waals surface area contributed by atoms with Crippen LogP contribution < -0.4 is 0 Å². The van der Waals surface area contributed by atoms with E-state index in [4.69, 9.17) is 0 Å². The zero-order chi connectivity index (χ0) is 17.8. The van der Waals surface area contributed by atoms with Crippen LogP contribution in [0.15, 0.2) is 61.2 Å². The maximum atomic E-state index is 12.8. The minimum atomic E-state index is -0.0614. The van der Waals surface area contributed by atoms with Crippen LogP contribution in [0.5, 0.6) is 0 Å². The van der Waals surface area contributed by atoms with E-state index in [1.165, 1.54) is 0 Å². The number of hydrogen-bond donors (Lipinski definition) is 0. The van der Waals surface area contributed by atoms with Gasteiger partial charge in [-0.2, -0.15) is 0 Å². The first-order valence-electron chi connectivity index (χ1n) is 8.34. The van der Waals surface area contributed by atoms with Crippen molar-refractivity contribution < 1.29 is 4.79 Å². The molecule has 5 nitrogen and oxygen atoms in total. The summed E-state index contributed by atoms with van der Waals surface area (Å²) in [5.74, 6) is -0.0614. The second kappa shape index (κ2) is 7.30. The molecule has 0 spiro atoms. The van der Waals surface area contributed by atoms with Gasteiger partial charge in [0.25, 0.3) is 5.91 Å². The summed E-state index contributed by atoms with van der Waals surface area (Å²) in [6.07, 6.45) is 5.19. The standard InChI is InChI=1S/C20H22N4O/c1-15(2)24(20(25)19-13-23(3)14-22-19)12-16-9-10-21-18(11-16)17-7-5-4-6-8-17/h4-11,13-15H,12H2,1-3H3. The fraction of sp³-hybridized carbons (Fsp3) is 0.250. The molecule has 0 radical (unpaired) electrons. The highest BCUT2D eigenvalue weighted by molar-refractivity contribution is 5.92. The lowest BCUT2D eigenvalue weighted by Crippen LogP contribution is -2.36. The second-order valence-electron chi connectivity index (χ2n) is 6.37. The first-order chi connectivity index (χ1) is 12.0. The summed E-state index contributed by atoms with van der Waals surface area (Å²) in [5, 5.41) is 0. The van der Waals surface area contributed by atoms with Crippen molar-refractivity contribution in [2.75, 3.05) is 0 Å². The van der Waals surface area contributed by atoms with Gasteiger partial charge in [-0.1, -0.05) is 30.3 Å². The predicted octanol–water partition coefficient (Wildman–Crippen LogP) is 3.53. The third-order valence-corrected chi connectivity index (χ3v) is 4.06. The molecule has 5 heteroatoms. The Hall–Kier alpha value is -2.95. The van der Waals surface area contributed by atoms with Crippen LogP contribution >= 0.6 is 0 Å². The van der Waals surface area contributed by atoms with E-state index in [2.05, 4.69) is 9.97 Å². The average molecular weight is 334 g/mol. The minimum Gasteiger partial charge on any atom is -0.340 e. The molecule has 0 saturated heterocycles. The Balaban J connectivity index is 1.84. The van der Waals surface area contributed by atoms with Crippen molar-refractivity contribution in [1.29, 1.82) is 0 Å². The lowest BCUT2D eigenvalue weighted by molar-refractivity contribution is 0.0684. The molecule has 2 aromatic heterocycles. The Morgan fingerprint density at radius 1 is 1.16 bits per heavy atom. The summed E-state index contributed by atoms with van der Waals surface area (Å²) in [4.78, 5) is 23.3. The zero-order valence-corrected chi connectivity index (χ0v) is 14.8. The van der Waals surface area contributed by atoms with Gasteiger partial charge in [0.05, 0.1) is 12.0 Å². The largest absolute Gasteiger partial charge is 0.340 e. The molecule has 0 saturated carbocycles. The number of carbonyl (C=O) groups excluding carboxylic acids is 1. The van der Waals surface area contributed by atoms with E-state index in [0.717, 1.165) is 16.8 Å². The van der Waals surface area contributed by atoms with Crippen molar-refractivity contribution in [2.45, 2.75) is 26.4 Å². The molecule has 0 atom stereocenters. The number of carbonyl (C=O) groups is 1. The van der Waals surface area contributed by atoms with E-state index >= 15 is 0 Å². The number of hydrogen-bond acceptors (Lipinski definition) is 3.